The molecule has 0 aliphatic carbocycles. The molecular formula is C21H22N2O3. The molecule has 1 heterocycles. The predicted octanol–water partition coefficient (Wildman–Crippen LogP) is 3.64. The van der Waals surface area contributed by atoms with E-state index in [4.69, 9.17) is 9.47 Å². The number of nitrogens with one attached hydrogen (secondary N) is 1. The summed E-state index contributed by atoms with van der Waals surface area (Å²) in [6, 6.07) is 17.1. The van der Waals surface area contributed by atoms with Gasteiger partial charge in [0.15, 0.2) is 0 Å². The van der Waals surface area contributed by atoms with Crippen molar-refractivity contribution in [2.24, 2.45) is 0 Å². The summed E-state index contributed by atoms with van der Waals surface area (Å²) in [5.74, 6) is 0.513. The van der Waals surface area contributed by atoms with E-state index in [0.717, 1.165) is 5.56 Å². The normalized spacial score (nSPS) is 15.7. The van der Waals surface area contributed by atoms with Crippen LogP contribution in [0, 0.1) is 11.3 Å². The highest BCUT2D eigenvalue weighted by atomic mass is 16.5. The first kappa shape index (κ1) is 18.0. The summed E-state index contributed by atoms with van der Waals surface area (Å²) in [5, 5.41) is 12.4. The maximum atomic E-state index is 13.3. The van der Waals surface area contributed by atoms with Gasteiger partial charge < -0.3 is 14.8 Å². The highest BCUT2D eigenvalue weighted by molar-refractivity contribution is 6.00. The molecule has 0 spiro atoms. The largest absolute Gasteiger partial charge is 0.494 e. The van der Waals surface area contributed by atoms with Crippen LogP contribution in [0.2, 0.25) is 0 Å². The summed E-state index contributed by atoms with van der Waals surface area (Å²) in [6.45, 7) is 3.48. The number of anilines is 1. The number of nitriles is 1. The minimum atomic E-state index is -0.648. The van der Waals surface area contributed by atoms with Gasteiger partial charge in [0.05, 0.1) is 23.3 Å². The fraction of sp³-hybridized carbons (Fsp3) is 0.333. The van der Waals surface area contributed by atoms with Crippen molar-refractivity contribution in [1.29, 1.82) is 5.26 Å². The molecule has 26 heavy (non-hydrogen) atoms. The van der Waals surface area contributed by atoms with Crippen LogP contribution in [0.15, 0.2) is 48.5 Å². The van der Waals surface area contributed by atoms with Crippen molar-refractivity contribution in [2.45, 2.75) is 25.2 Å². The molecule has 2 aromatic carbocycles. The number of carbonyl (C=O) groups excluding carboxylic acids is 1. The van der Waals surface area contributed by atoms with Gasteiger partial charge in [0.2, 0.25) is 5.91 Å². The van der Waals surface area contributed by atoms with Gasteiger partial charge in [-0.1, -0.05) is 30.3 Å². The highest BCUT2D eigenvalue weighted by Crippen LogP contribution is 2.36. The monoisotopic (exact) mass is 350 g/mol. The van der Waals surface area contributed by atoms with Crippen molar-refractivity contribution in [3.8, 4) is 11.8 Å². The number of benzene rings is 2. The maximum absolute atomic E-state index is 13.3. The van der Waals surface area contributed by atoms with E-state index in [2.05, 4.69) is 11.4 Å². The van der Waals surface area contributed by atoms with E-state index >= 15 is 0 Å². The summed E-state index contributed by atoms with van der Waals surface area (Å²) in [5.41, 5.74) is 1.22. The van der Waals surface area contributed by atoms with Gasteiger partial charge in [-0.3, -0.25) is 4.79 Å². The lowest BCUT2D eigenvalue weighted by Gasteiger charge is -2.36. The molecule has 0 bridgehead atoms. The zero-order valence-electron chi connectivity index (χ0n) is 14.8. The van der Waals surface area contributed by atoms with Crippen molar-refractivity contribution in [1.82, 2.24) is 0 Å². The van der Waals surface area contributed by atoms with Gasteiger partial charge in [0, 0.05) is 13.2 Å². The van der Waals surface area contributed by atoms with E-state index in [1.807, 2.05) is 37.3 Å². The number of hydrogen-bond donors (Lipinski definition) is 1. The van der Waals surface area contributed by atoms with Gasteiger partial charge in [-0.05, 0) is 43.5 Å². The first-order valence-corrected chi connectivity index (χ1v) is 8.81. The Balaban J connectivity index is 1.91. The molecule has 3 rings (SSSR count). The van der Waals surface area contributed by atoms with E-state index in [1.165, 1.54) is 0 Å². The number of ether oxygens (including phenoxy) is 2. The Morgan fingerprint density at radius 1 is 1.23 bits per heavy atom. The summed E-state index contributed by atoms with van der Waals surface area (Å²) < 4.78 is 10.9. The molecular weight excluding hydrogens is 328 g/mol. The molecule has 1 amide bonds. The van der Waals surface area contributed by atoms with Crippen molar-refractivity contribution in [3.63, 3.8) is 0 Å². The van der Waals surface area contributed by atoms with Crippen LogP contribution in [-0.2, 0) is 14.9 Å². The summed E-state index contributed by atoms with van der Waals surface area (Å²) in [7, 11) is 0. The van der Waals surface area contributed by atoms with Gasteiger partial charge in [-0.2, -0.15) is 5.26 Å². The van der Waals surface area contributed by atoms with Crippen molar-refractivity contribution in [3.05, 3.63) is 59.7 Å². The zero-order valence-corrected chi connectivity index (χ0v) is 14.8. The second-order valence-electron chi connectivity index (χ2n) is 6.27. The average molecular weight is 350 g/mol. The van der Waals surface area contributed by atoms with Crippen molar-refractivity contribution < 1.29 is 14.3 Å². The fourth-order valence-corrected chi connectivity index (χ4v) is 3.35. The van der Waals surface area contributed by atoms with Crippen LogP contribution in [0.25, 0.3) is 0 Å². The molecule has 1 N–H and O–H groups in total. The Labute approximate surface area is 153 Å². The zero-order chi connectivity index (χ0) is 18.4. The molecule has 0 atom stereocenters. The Hall–Kier alpha value is -2.84. The van der Waals surface area contributed by atoms with E-state index in [-0.39, 0.29) is 5.91 Å². The molecule has 0 radical (unpaired) electrons. The predicted molar refractivity (Wildman–Crippen MR) is 99.1 cm³/mol. The topological polar surface area (TPSA) is 71.3 Å². The van der Waals surface area contributed by atoms with Gasteiger partial charge in [0.25, 0.3) is 0 Å². The quantitative estimate of drug-likeness (QED) is 0.893. The number of carbonyl (C=O) groups is 1. The number of rotatable bonds is 5. The van der Waals surface area contributed by atoms with Crippen LogP contribution in [-0.4, -0.2) is 25.7 Å². The van der Waals surface area contributed by atoms with Crippen LogP contribution < -0.4 is 10.1 Å². The van der Waals surface area contributed by atoms with Gasteiger partial charge in [0.1, 0.15) is 11.8 Å². The average Bonchev–Trinajstić information content (AvgIpc) is 2.70. The molecule has 1 aliphatic rings. The third-order valence-electron chi connectivity index (χ3n) is 4.78. The molecule has 5 nitrogen and oxygen atoms in total. The summed E-state index contributed by atoms with van der Waals surface area (Å²) in [4.78, 5) is 13.3. The van der Waals surface area contributed by atoms with E-state index in [1.54, 1.807) is 18.2 Å². The van der Waals surface area contributed by atoms with Gasteiger partial charge >= 0.3 is 0 Å². The number of amides is 1. The summed E-state index contributed by atoms with van der Waals surface area (Å²) in [6.07, 6.45) is 1.23. The second kappa shape index (κ2) is 8.03. The fourth-order valence-electron chi connectivity index (χ4n) is 3.35. The minimum Gasteiger partial charge on any atom is -0.494 e. The van der Waals surface area contributed by atoms with Crippen LogP contribution in [0.1, 0.15) is 30.9 Å². The number of nitrogens with zero attached hydrogens (tertiary/aromatic N) is 1. The van der Waals surface area contributed by atoms with Crippen LogP contribution in [0.3, 0.4) is 0 Å². The molecule has 1 saturated heterocycles. The van der Waals surface area contributed by atoms with Crippen LogP contribution in [0.4, 0.5) is 5.69 Å². The van der Waals surface area contributed by atoms with Crippen molar-refractivity contribution in [2.75, 3.05) is 25.1 Å². The molecule has 1 fully saturated rings. The van der Waals surface area contributed by atoms with Crippen molar-refractivity contribution >= 4 is 11.6 Å². The Morgan fingerprint density at radius 2 is 1.96 bits per heavy atom. The Morgan fingerprint density at radius 3 is 2.62 bits per heavy atom. The van der Waals surface area contributed by atoms with Gasteiger partial charge in [-0.25, -0.2) is 0 Å². The smallest absolute Gasteiger partial charge is 0.235 e. The van der Waals surface area contributed by atoms with E-state index in [9.17, 15) is 10.1 Å². The lowest BCUT2D eigenvalue weighted by Crippen LogP contribution is -2.44. The standard InChI is InChI=1S/C21H22N2O3/c1-2-26-18-8-9-19(16(14-18)15-22)23-20(24)21(10-12-25-13-11-21)17-6-4-3-5-7-17/h3-9,14H,2,10-13H2,1H3,(H,23,24). The molecule has 0 saturated carbocycles. The van der Waals surface area contributed by atoms with E-state index in [0.29, 0.717) is 49.7 Å². The molecule has 2 aromatic rings. The summed E-state index contributed by atoms with van der Waals surface area (Å²) >= 11 is 0. The van der Waals surface area contributed by atoms with Crippen LogP contribution in [0.5, 0.6) is 5.75 Å². The third-order valence-corrected chi connectivity index (χ3v) is 4.78. The first-order valence-electron chi connectivity index (χ1n) is 8.81. The Kier molecular flexibility index (Phi) is 5.55. The molecule has 1 aliphatic heterocycles. The lowest BCUT2D eigenvalue weighted by atomic mass is 9.73. The molecule has 0 unspecified atom stereocenters. The Bertz CT molecular complexity index is 806. The van der Waals surface area contributed by atoms with Gasteiger partial charge in [-0.15, -0.1) is 0 Å². The first-order chi connectivity index (χ1) is 12.7. The maximum Gasteiger partial charge on any atom is 0.235 e. The third kappa shape index (κ3) is 3.56. The second-order valence-corrected chi connectivity index (χ2v) is 6.27. The number of hydrogen-bond acceptors (Lipinski definition) is 4. The molecule has 134 valence electrons. The van der Waals surface area contributed by atoms with E-state index < -0.39 is 5.41 Å². The van der Waals surface area contributed by atoms with Crippen LogP contribution >= 0.6 is 0 Å². The SMILES string of the molecule is CCOc1ccc(NC(=O)C2(c3ccccc3)CCOCC2)c(C#N)c1. The minimum absolute atomic E-state index is 0.104. The molecule has 0 aromatic heterocycles. The lowest BCUT2D eigenvalue weighted by molar-refractivity contribution is -0.125. The highest BCUT2D eigenvalue weighted by Gasteiger charge is 2.41. The molecule has 5 heteroatoms.